The van der Waals surface area contributed by atoms with Crippen molar-refractivity contribution in [1.29, 1.82) is 0 Å². The molecule has 1 saturated heterocycles. The summed E-state index contributed by atoms with van der Waals surface area (Å²) in [6.45, 7) is 3.39. The number of hydrogen-bond donors (Lipinski definition) is 1. The number of aromatic nitrogens is 4. The number of anilines is 1. The number of nitrogens with one attached hydrogen (secondary N) is 1. The first-order valence-electron chi connectivity index (χ1n) is 11.7. The maximum Gasteiger partial charge on any atom is 0.310 e. The molecule has 10 heteroatoms. The predicted molar refractivity (Wildman–Crippen MR) is 129 cm³/mol. The van der Waals surface area contributed by atoms with Crippen molar-refractivity contribution in [2.45, 2.75) is 26.2 Å². The fourth-order valence-corrected chi connectivity index (χ4v) is 4.42. The number of hydrogen-bond acceptors (Lipinski definition) is 6. The summed E-state index contributed by atoms with van der Waals surface area (Å²) < 4.78 is 46.1. The van der Waals surface area contributed by atoms with Crippen molar-refractivity contribution in [3.05, 3.63) is 60.2 Å². The van der Waals surface area contributed by atoms with Gasteiger partial charge in [0, 0.05) is 36.6 Å². The molecule has 186 valence electrons. The monoisotopic (exact) mass is 495 g/mol. The third-order valence-electron chi connectivity index (χ3n) is 6.28. The number of halogens is 3. The number of fused-ring (bicyclic) bond motifs is 1. The number of esters is 1. The number of nitrogens with zero attached hydrogens (tertiary/aromatic N) is 4. The van der Waals surface area contributed by atoms with E-state index in [1.54, 1.807) is 31.5 Å². The number of H-pyrrole nitrogens is 1. The SMILES string of the molecule is CCOC(=O)C1CCCN(c2ncc(-c3ccc(-c4nc5ccc(C(F)F)cc5[nH]4)c(F)c3)cn2)C1. The minimum Gasteiger partial charge on any atom is -0.466 e. The van der Waals surface area contributed by atoms with Gasteiger partial charge in [-0.3, -0.25) is 4.79 Å². The fraction of sp³-hybridized carbons (Fsp3) is 0.308. The molecule has 2 aromatic carbocycles. The molecular weight excluding hydrogens is 471 g/mol. The van der Waals surface area contributed by atoms with Gasteiger partial charge in [-0.15, -0.1) is 0 Å². The topological polar surface area (TPSA) is 84.0 Å². The number of piperidine rings is 1. The number of alkyl halides is 2. The lowest BCUT2D eigenvalue weighted by molar-refractivity contribution is -0.148. The van der Waals surface area contributed by atoms with E-state index >= 15 is 4.39 Å². The molecular formula is C26H24F3N5O2. The van der Waals surface area contributed by atoms with Crippen LogP contribution in [0.1, 0.15) is 31.8 Å². The summed E-state index contributed by atoms with van der Waals surface area (Å²) in [6.07, 6.45) is 2.26. The molecule has 1 fully saturated rings. The van der Waals surface area contributed by atoms with Crippen LogP contribution in [0.15, 0.2) is 48.8 Å². The van der Waals surface area contributed by atoms with Crippen LogP contribution in [0.5, 0.6) is 0 Å². The van der Waals surface area contributed by atoms with E-state index in [-0.39, 0.29) is 28.8 Å². The summed E-state index contributed by atoms with van der Waals surface area (Å²) in [5.41, 5.74) is 2.21. The van der Waals surface area contributed by atoms with Gasteiger partial charge in [0.05, 0.1) is 29.1 Å². The summed E-state index contributed by atoms with van der Waals surface area (Å²) in [6, 6.07) is 8.79. The zero-order chi connectivity index (χ0) is 25.2. The number of carbonyl (C=O) groups is 1. The second kappa shape index (κ2) is 9.96. The standard InChI is InChI=1S/C26H24F3N5O2/c1-2-36-25(35)17-4-3-9-34(14-17)26-30-12-18(13-31-26)15-5-7-19(20(27)10-15)24-32-21-8-6-16(23(28)29)11-22(21)33-24/h5-8,10-13,17,23H,2-4,9,14H2,1H3,(H,32,33). The molecule has 1 atom stereocenters. The molecule has 1 unspecified atom stereocenters. The van der Waals surface area contributed by atoms with E-state index in [1.807, 2.05) is 4.90 Å². The molecule has 5 rings (SSSR count). The van der Waals surface area contributed by atoms with Gasteiger partial charge in [0.25, 0.3) is 6.43 Å². The smallest absolute Gasteiger partial charge is 0.310 e. The van der Waals surface area contributed by atoms with E-state index in [9.17, 15) is 13.6 Å². The van der Waals surface area contributed by atoms with E-state index in [2.05, 4.69) is 19.9 Å². The van der Waals surface area contributed by atoms with Crippen LogP contribution in [0.4, 0.5) is 19.1 Å². The number of aromatic amines is 1. The third-order valence-corrected chi connectivity index (χ3v) is 6.28. The van der Waals surface area contributed by atoms with Gasteiger partial charge in [-0.1, -0.05) is 12.1 Å². The maximum atomic E-state index is 15.0. The highest BCUT2D eigenvalue weighted by atomic mass is 19.3. The molecule has 1 aliphatic heterocycles. The summed E-state index contributed by atoms with van der Waals surface area (Å²) in [5.74, 6) is -0.154. The van der Waals surface area contributed by atoms with E-state index in [0.29, 0.717) is 41.3 Å². The minimum atomic E-state index is -2.60. The second-order valence-electron chi connectivity index (χ2n) is 8.67. The van der Waals surface area contributed by atoms with Crippen LogP contribution in [0.25, 0.3) is 33.5 Å². The summed E-state index contributed by atoms with van der Waals surface area (Å²) in [7, 11) is 0. The van der Waals surface area contributed by atoms with E-state index in [0.717, 1.165) is 19.4 Å². The Morgan fingerprint density at radius 3 is 2.69 bits per heavy atom. The van der Waals surface area contributed by atoms with E-state index < -0.39 is 12.2 Å². The van der Waals surface area contributed by atoms with Crippen molar-refractivity contribution in [2.24, 2.45) is 5.92 Å². The number of rotatable bonds is 6. The van der Waals surface area contributed by atoms with Crippen molar-refractivity contribution in [1.82, 2.24) is 19.9 Å². The van der Waals surface area contributed by atoms with Crippen molar-refractivity contribution >= 4 is 23.0 Å². The van der Waals surface area contributed by atoms with Crippen LogP contribution in [-0.2, 0) is 9.53 Å². The van der Waals surface area contributed by atoms with Gasteiger partial charge in [0.15, 0.2) is 0 Å². The van der Waals surface area contributed by atoms with E-state index in [4.69, 9.17) is 4.74 Å². The molecule has 0 saturated carbocycles. The molecule has 1 aliphatic rings. The first-order chi connectivity index (χ1) is 17.4. The van der Waals surface area contributed by atoms with Crippen molar-refractivity contribution in [3.63, 3.8) is 0 Å². The maximum absolute atomic E-state index is 15.0. The molecule has 1 N–H and O–H groups in total. The zero-order valence-electron chi connectivity index (χ0n) is 19.5. The molecule has 0 amide bonds. The highest BCUT2D eigenvalue weighted by molar-refractivity contribution is 5.80. The number of ether oxygens (including phenoxy) is 1. The molecule has 36 heavy (non-hydrogen) atoms. The Morgan fingerprint density at radius 2 is 1.97 bits per heavy atom. The van der Waals surface area contributed by atoms with Crippen LogP contribution in [-0.4, -0.2) is 45.6 Å². The van der Waals surface area contributed by atoms with Gasteiger partial charge in [-0.25, -0.2) is 28.1 Å². The van der Waals surface area contributed by atoms with Crippen molar-refractivity contribution in [3.8, 4) is 22.5 Å². The molecule has 7 nitrogen and oxygen atoms in total. The van der Waals surface area contributed by atoms with Gasteiger partial charge in [-0.2, -0.15) is 0 Å². The Hall–Kier alpha value is -3.95. The van der Waals surface area contributed by atoms with Gasteiger partial charge >= 0.3 is 5.97 Å². The predicted octanol–water partition coefficient (Wildman–Crippen LogP) is 5.54. The van der Waals surface area contributed by atoms with Crippen LogP contribution >= 0.6 is 0 Å². The molecule has 0 radical (unpaired) electrons. The lowest BCUT2D eigenvalue weighted by atomic mass is 9.98. The van der Waals surface area contributed by atoms with Crippen LogP contribution < -0.4 is 4.90 Å². The van der Waals surface area contributed by atoms with Crippen LogP contribution in [0.2, 0.25) is 0 Å². The normalized spacial score (nSPS) is 16.0. The largest absolute Gasteiger partial charge is 0.466 e. The fourth-order valence-electron chi connectivity index (χ4n) is 4.42. The van der Waals surface area contributed by atoms with Crippen LogP contribution in [0.3, 0.4) is 0 Å². The minimum absolute atomic E-state index is 0.127. The van der Waals surface area contributed by atoms with Crippen LogP contribution in [0, 0.1) is 11.7 Å². The van der Waals surface area contributed by atoms with Gasteiger partial charge in [0.2, 0.25) is 5.95 Å². The average molecular weight is 496 g/mol. The zero-order valence-corrected chi connectivity index (χ0v) is 19.5. The number of imidazole rings is 1. The number of carbonyl (C=O) groups excluding carboxylic acids is 1. The summed E-state index contributed by atoms with van der Waals surface area (Å²) in [4.78, 5) is 30.2. The molecule has 3 heterocycles. The second-order valence-corrected chi connectivity index (χ2v) is 8.67. The lowest BCUT2D eigenvalue weighted by Crippen LogP contribution is -2.40. The Labute approximate surface area is 205 Å². The Kier molecular flexibility index (Phi) is 6.58. The lowest BCUT2D eigenvalue weighted by Gasteiger charge is -2.31. The third kappa shape index (κ3) is 4.75. The molecule has 0 spiro atoms. The summed E-state index contributed by atoms with van der Waals surface area (Å²) in [5, 5.41) is 0. The van der Waals surface area contributed by atoms with Crippen molar-refractivity contribution < 1.29 is 22.7 Å². The molecule has 2 aromatic heterocycles. The first kappa shape index (κ1) is 23.8. The highest BCUT2D eigenvalue weighted by Gasteiger charge is 2.28. The first-order valence-corrected chi connectivity index (χ1v) is 11.7. The highest BCUT2D eigenvalue weighted by Crippen LogP contribution is 2.30. The van der Waals surface area contributed by atoms with Gasteiger partial charge < -0.3 is 14.6 Å². The number of benzene rings is 2. The van der Waals surface area contributed by atoms with Gasteiger partial charge in [-0.05, 0) is 49.6 Å². The quantitative estimate of drug-likeness (QED) is 0.354. The molecule has 0 aliphatic carbocycles. The van der Waals surface area contributed by atoms with E-state index in [1.165, 1.54) is 24.3 Å². The molecule has 0 bridgehead atoms. The van der Waals surface area contributed by atoms with Gasteiger partial charge in [0.1, 0.15) is 11.6 Å². The average Bonchev–Trinajstić information content (AvgIpc) is 3.32. The Bertz CT molecular complexity index is 1390. The van der Waals surface area contributed by atoms with Crippen molar-refractivity contribution in [2.75, 3.05) is 24.6 Å². The Balaban J connectivity index is 1.34. The molecule has 4 aromatic rings. The summed E-state index contributed by atoms with van der Waals surface area (Å²) >= 11 is 0. The Morgan fingerprint density at radius 1 is 1.17 bits per heavy atom.